The van der Waals surface area contributed by atoms with Crippen LogP contribution in [0.3, 0.4) is 0 Å². The predicted octanol–water partition coefficient (Wildman–Crippen LogP) is 3.15. The van der Waals surface area contributed by atoms with E-state index in [0.717, 1.165) is 16.2 Å². The monoisotopic (exact) mass is 339 g/mol. The van der Waals surface area contributed by atoms with Crippen LogP contribution in [0.2, 0.25) is 0 Å². The molecule has 20 heavy (non-hydrogen) atoms. The zero-order valence-electron chi connectivity index (χ0n) is 12.2. The molecule has 110 valence electrons. The summed E-state index contributed by atoms with van der Waals surface area (Å²) in [4.78, 5) is 8.53. The molecule has 3 unspecified atom stereocenters. The molecule has 4 N–H and O–H groups in total. The maximum absolute atomic E-state index is 5.40. The average molecular weight is 340 g/mol. The Labute approximate surface area is 128 Å². The van der Waals surface area contributed by atoms with Gasteiger partial charge in [0.15, 0.2) is 0 Å². The summed E-state index contributed by atoms with van der Waals surface area (Å²) in [5.74, 6) is 7.45. The van der Waals surface area contributed by atoms with Crippen molar-refractivity contribution >= 4 is 27.7 Å². The van der Waals surface area contributed by atoms with Crippen LogP contribution in [0.15, 0.2) is 10.7 Å². The average Bonchev–Trinajstić information content (AvgIpc) is 2.88. The molecule has 2 fully saturated rings. The fraction of sp³-hybridized carbons (Fsp3) is 0.714. The van der Waals surface area contributed by atoms with Gasteiger partial charge in [0.1, 0.15) is 5.82 Å². The minimum atomic E-state index is 0.285. The van der Waals surface area contributed by atoms with Gasteiger partial charge in [-0.3, -0.25) is 5.43 Å². The van der Waals surface area contributed by atoms with Gasteiger partial charge in [0.05, 0.1) is 4.47 Å². The summed E-state index contributed by atoms with van der Waals surface area (Å²) >= 11 is 3.52. The first-order valence-corrected chi connectivity index (χ1v) is 7.92. The number of nitrogens with two attached hydrogens (primary N) is 1. The highest BCUT2D eigenvalue weighted by Gasteiger charge is 2.59. The van der Waals surface area contributed by atoms with Crippen LogP contribution in [0.1, 0.15) is 40.0 Å². The van der Waals surface area contributed by atoms with Crippen LogP contribution < -0.4 is 16.6 Å². The first kappa shape index (κ1) is 14.1. The van der Waals surface area contributed by atoms with Gasteiger partial charge in [-0.1, -0.05) is 20.8 Å². The highest BCUT2D eigenvalue weighted by molar-refractivity contribution is 9.10. The molecule has 2 saturated carbocycles. The lowest BCUT2D eigenvalue weighted by Gasteiger charge is -2.43. The van der Waals surface area contributed by atoms with E-state index >= 15 is 0 Å². The van der Waals surface area contributed by atoms with Gasteiger partial charge in [0, 0.05) is 12.2 Å². The summed E-state index contributed by atoms with van der Waals surface area (Å²) < 4.78 is 0.874. The second kappa shape index (κ2) is 4.56. The summed E-state index contributed by atoms with van der Waals surface area (Å²) in [6.07, 6.45) is 5.68. The van der Waals surface area contributed by atoms with Crippen molar-refractivity contribution in [3.8, 4) is 0 Å². The Kier molecular flexibility index (Phi) is 3.21. The molecule has 0 saturated heterocycles. The number of rotatable bonds is 3. The minimum Gasteiger partial charge on any atom is -0.365 e. The number of halogens is 1. The van der Waals surface area contributed by atoms with E-state index in [4.69, 9.17) is 5.84 Å². The minimum absolute atomic E-state index is 0.285. The number of nitrogens with one attached hydrogen (secondary N) is 2. The van der Waals surface area contributed by atoms with E-state index < -0.39 is 0 Å². The number of hydrogen-bond acceptors (Lipinski definition) is 5. The Morgan fingerprint density at radius 1 is 1.40 bits per heavy atom. The van der Waals surface area contributed by atoms with E-state index in [9.17, 15) is 0 Å². The third-order valence-electron chi connectivity index (χ3n) is 5.42. The van der Waals surface area contributed by atoms with Gasteiger partial charge in [0.25, 0.3) is 0 Å². The van der Waals surface area contributed by atoms with E-state index in [2.05, 4.69) is 57.4 Å². The molecule has 5 nitrogen and oxygen atoms in total. The van der Waals surface area contributed by atoms with Crippen molar-refractivity contribution < 1.29 is 0 Å². The highest BCUT2D eigenvalue weighted by Crippen LogP contribution is 2.63. The summed E-state index contributed by atoms with van der Waals surface area (Å²) in [7, 11) is 0. The molecule has 0 spiro atoms. The number of hydrazine groups is 1. The number of aromatic nitrogens is 2. The third kappa shape index (κ3) is 2.00. The Hall–Kier alpha value is -0.880. The van der Waals surface area contributed by atoms with Crippen LogP contribution in [0.4, 0.5) is 11.8 Å². The van der Waals surface area contributed by atoms with Crippen LogP contribution in [-0.4, -0.2) is 16.0 Å². The summed E-state index contributed by atoms with van der Waals surface area (Å²) in [6.45, 7) is 7.14. The maximum Gasteiger partial charge on any atom is 0.239 e. The van der Waals surface area contributed by atoms with Crippen LogP contribution in [0.5, 0.6) is 0 Å². The van der Waals surface area contributed by atoms with Crippen LogP contribution in [-0.2, 0) is 0 Å². The van der Waals surface area contributed by atoms with Crippen molar-refractivity contribution in [1.82, 2.24) is 9.97 Å². The van der Waals surface area contributed by atoms with Crippen LogP contribution in [0.25, 0.3) is 0 Å². The Morgan fingerprint density at radius 2 is 2.15 bits per heavy atom. The molecule has 0 aromatic carbocycles. The topological polar surface area (TPSA) is 75.9 Å². The number of nitrogens with zero attached hydrogens (tertiary/aromatic N) is 2. The number of hydrogen-bond donors (Lipinski definition) is 3. The SMILES string of the molecule is CC12CCC(C1)C(C)(C)C2Nc1nc(NN)ncc1Br. The molecule has 0 radical (unpaired) electrons. The maximum atomic E-state index is 5.40. The largest absolute Gasteiger partial charge is 0.365 e. The number of nitrogen functional groups attached to an aromatic ring is 1. The Balaban J connectivity index is 1.91. The van der Waals surface area contributed by atoms with Crippen molar-refractivity contribution in [2.75, 3.05) is 10.7 Å². The molecule has 2 aliphatic carbocycles. The van der Waals surface area contributed by atoms with Crippen molar-refractivity contribution in [2.24, 2.45) is 22.6 Å². The molecule has 1 heterocycles. The van der Waals surface area contributed by atoms with Gasteiger partial charge in [-0.2, -0.15) is 4.98 Å². The molecule has 3 atom stereocenters. The van der Waals surface area contributed by atoms with Gasteiger partial charge in [-0.25, -0.2) is 10.8 Å². The van der Waals surface area contributed by atoms with Crippen LogP contribution >= 0.6 is 15.9 Å². The van der Waals surface area contributed by atoms with E-state index in [0.29, 0.717) is 17.4 Å². The Bertz CT molecular complexity index is 528. The number of fused-ring (bicyclic) bond motifs is 2. The summed E-state index contributed by atoms with van der Waals surface area (Å²) in [5.41, 5.74) is 3.14. The van der Waals surface area contributed by atoms with Gasteiger partial charge in [0.2, 0.25) is 5.95 Å². The standard InChI is InChI=1S/C14H22BrN5/c1-13(2)8-4-5-14(3,6-8)11(13)18-10-9(15)7-17-12(19-10)20-16/h7-8,11H,4-6,16H2,1-3H3,(H2,17,18,19,20). The molecule has 2 aliphatic rings. The molecule has 1 aromatic rings. The molecule has 6 heteroatoms. The van der Waals surface area contributed by atoms with Gasteiger partial charge >= 0.3 is 0 Å². The van der Waals surface area contributed by atoms with E-state index in [-0.39, 0.29) is 5.41 Å². The molecule has 0 aliphatic heterocycles. The van der Waals surface area contributed by atoms with Gasteiger partial charge in [-0.15, -0.1) is 0 Å². The Morgan fingerprint density at radius 3 is 2.75 bits per heavy atom. The molecular weight excluding hydrogens is 318 g/mol. The summed E-state index contributed by atoms with van der Waals surface area (Å²) in [6, 6.07) is 0.422. The predicted molar refractivity (Wildman–Crippen MR) is 84.2 cm³/mol. The molecule has 2 bridgehead atoms. The quantitative estimate of drug-likeness (QED) is 0.582. The smallest absolute Gasteiger partial charge is 0.239 e. The molecular formula is C14H22BrN5. The fourth-order valence-electron chi connectivity index (χ4n) is 4.34. The zero-order chi connectivity index (χ0) is 14.5. The fourth-order valence-corrected chi connectivity index (χ4v) is 4.64. The number of anilines is 2. The van der Waals surface area contributed by atoms with E-state index in [1.54, 1.807) is 6.20 Å². The van der Waals surface area contributed by atoms with Crippen molar-refractivity contribution in [3.63, 3.8) is 0 Å². The van der Waals surface area contributed by atoms with Crippen molar-refractivity contribution in [1.29, 1.82) is 0 Å². The molecule has 3 rings (SSSR count). The molecule has 1 aromatic heterocycles. The van der Waals surface area contributed by atoms with Crippen molar-refractivity contribution in [3.05, 3.63) is 10.7 Å². The van der Waals surface area contributed by atoms with E-state index in [1.165, 1.54) is 19.3 Å². The lowest BCUT2D eigenvalue weighted by Crippen LogP contribution is -2.46. The van der Waals surface area contributed by atoms with Crippen molar-refractivity contribution in [2.45, 2.75) is 46.1 Å². The first-order valence-electron chi connectivity index (χ1n) is 7.12. The zero-order valence-corrected chi connectivity index (χ0v) is 13.8. The second-order valence-electron chi connectivity index (χ2n) is 7.03. The lowest BCUT2D eigenvalue weighted by atomic mass is 9.68. The molecule has 0 amide bonds. The van der Waals surface area contributed by atoms with Crippen LogP contribution in [0, 0.1) is 16.7 Å². The van der Waals surface area contributed by atoms with E-state index in [1.807, 2.05) is 0 Å². The normalized spacial score (nSPS) is 34.2. The second-order valence-corrected chi connectivity index (χ2v) is 7.88. The van der Waals surface area contributed by atoms with Gasteiger partial charge < -0.3 is 5.32 Å². The third-order valence-corrected chi connectivity index (χ3v) is 6.00. The van der Waals surface area contributed by atoms with Gasteiger partial charge in [-0.05, 0) is 51.9 Å². The summed E-state index contributed by atoms with van der Waals surface area (Å²) in [5, 5.41) is 3.65. The lowest BCUT2D eigenvalue weighted by molar-refractivity contribution is 0.155. The highest BCUT2D eigenvalue weighted by atomic mass is 79.9. The first-order chi connectivity index (χ1) is 9.37.